The third-order valence-electron chi connectivity index (χ3n) is 2.89. The van der Waals surface area contributed by atoms with Gasteiger partial charge in [-0.3, -0.25) is 0 Å². The average Bonchev–Trinajstić information content (AvgIpc) is 2.65. The maximum Gasteiger partial charge on any atom is 0.134 e. The molecule has 0 aliphatic rings. The lowest BCUT2D eigenvalue weighted by atomic mass is 10.0. The second-order valence-electron chi connectivity index (χ2n) is 4.04. The lowest BCUT2D eigenvalue weighted by Gasteiger charge is -1.99. The Bertz CT molecular complexity index is 668. The zero-order valence-corrected chi connectivity index (χ0v) is 11.0. The lowest BCUT2D eigenvalue weighted by molar-refractivity contribution is 0.580. The molecule has 0 fully saturated rings. The molecule has 84 valence electrons. The first-order valence-electron chi connectivity index (χ1n) is 5.50. The second-order valence-corrected chi connectivity index (χ2v) is 4.96. The summed E-state index contributed by atoms with van der Waals surface area (Å²) < 4.78 is 6.86. The van der Waals surface area contributed by atoms with Crippen LogP contribution in [0.3, 0.4) is 0 Å². The van der Waals surface area contributed by atoms with Crippen molar-refractivity contribution >= 4 is 26.9 Å². The zero-order valence-electron chi connectivity index (χ0n) is 9.41. The minimum atomic E-state index is 0.935. The van der Waals surface area contributed by atoms with Gasteiger partial charge in [-0.05, 0) is 30.7 Å². The van der Waals surface area contributed by atoms with E-state index in [1.165, 1.54) is 11.1 Å². The van der Waals surface area contributed by atoms with Crippen molar-refractivity contribution in [3.05, 3.63) is 58.8 Å². The van der Waals surface area contributed by atoms with Crippen LogP contribution in [0.1, 0.15) is 5.76 Å². The van der Waals surface area contributed by atoms with Crippen LogP contribution in [-0.2, 0) is 0 Å². The van der Waals surface area contributed by atoms with E-state index in [4.69, 9.17) is 4.42 Å². The molecule has 0 radical (unpaired) electrons. The maximum atomic E-state index is 5.79. The molecule has 0 atom stereocenters. The Morgan fingerprint density at radius 1 is 1.00 bits per heavy atom. The number of furan rings is 1. The predicted octanol–water partition coefficient (Wildman–Crippen LogP) is 5.17. The Morgan fingerprint density at radius 2 is 1.76 bits per heavy atom. The molecule has 3 aromatic rings. The van der Waals surface area contributed by atoms with E-state index in [2.05, 4.69) is 34.1 Å². The first-order chi connectivity index (χ1) is 8.25. The van der Waals surface area contributed by atoms with Crippen LogP contribution in [0.15, 0.2) is 57.4 Å². The molecule has 1 heterocycles. The van der Waals surface area contributed by atoms with Gasteiger partial charge in [0.2, 0.25) is 0 Å². The van der Waals surface area contributed by atoms with Crippen molar-refractivity contribution in [2.45, 2.75) is 6.92 Å². The quantitative estimate of drug-likeness (QED) is 0.601. The molecular weight excluding hydrogens is 276 g/mol. The molecule has 0 bridgehead atoms. The van der Waals surface area contributed by atoms with Crippen LogP contribution in [-0.4, -0.2) is 0 Å². The largest absolute Gasteiger partial charge is 0.461 e. The van der Waals surface area contributed by atoms with E-state index >= 15 is 0 Å². The van der Waals surface area contributed by atoms with Gasteiger partial charge in [-0.1, -0.05) is 46.3 Å². The summed E-state index contributed by atoms with van der Waals surface area (Å²) in [6, 6.07) is 16.4. The first kappa shape index (κ1) is 10.6. The van der Waals surface area contributed by atoms with Gasteiger partial charge in [-0.15, -0.1) is 0 Å². The Kier molecular flexibility index (Phi) is 2.52. The average molecular weight is 287 g/mol. The maximum absolute atomic E-state index is 5.79. The van der Waals surface area contributed by atoms with Crippen LogP contribution >= 0.6 is 15.9 Å². The highest BCUT2D eigenvalue weighted by Crippen LogP contribution is 2.35. The summed E-state index contributed by atoms with van der Waals surface area (Å²) >= 11 is 3.51. The normalized spacial score (nSPS) is 10.9. The fourth-order valence-electron chi connectivity index (χ4n) is 2.16. The van der Waals surface area contributed by atoms with Crippen LogP contribution in [0, 0.1) is 6.92 Å². The molecule has 0 aliphatic heterocycles. The van der Waals surface area contributed by atoms with E-state index in [1.54, 1.807) is 0 Å². The molecule has 17 heavy (non-hydrogen) atoms. The van der Waals surface area contributed by atoms with Crippen molar-refractivity contribution < 1.29 is 4.42 Å². The molecule has 0 spiro atoms. The van der Waals surface area contributed by atoms with Crippen molar-refractivity contribution in [3.63, 3.8) is 0 Å². The third kappa shape index (κ3) is 1.79. The molecule has 0 N–H and O–H groups in total. The number of halogens is 1. The topological polar surface area (TPSA) is 13.1 Å². The van der Waals surface area contributed by atoms with Gasteiger partial charge < -0.3 is 4.42 Å². The van der Waals surface area contributed by atoms with Crippen LogP contribution < -0.4 is 0 Å². The van der Waals surface area contributed by atoms with Gasteiger partial charge in [-0.25, -0.2) is 0 Å². The van der Waals surface area contributed by atoms with E-state index in [1.807, 2.05) is 37.3 Å². The molecule has 1 nitrogen and oxygen atoms in total. The fourth-order valence-corrected chi connectivity index (χ4v) is 2.52. The molecule has 0 saturated carbocycles. The summed E-state index contributed by atoms with van der Waals surface area (Å²) in [4.78, 5) is 0. The van der Waals surface area contributed by atoms with Crippen LogP contribution in [0.5, 0.6) is 0 Å². The summed E-state index contributed by atoms with van der Waals surface area (Å²) in [5.41, 5.74) is 3.31. The lowest BCUT2D eigenvalue weighted by Crippen LogP contribution is -1.77. The monoisotopic (exact) mass is 286 g/mol. The van der Waals surface area contributed by atoms with Crippen LogP contribution in [0.2, 0.25) is 0 Å². The molecule has 0 saturated heterocycles. The first-order valence-corrected chi connectivity index (χ1v) is 6.29. The Balaban J connectivity index is 2.35. The number of hydrogen-bond acceptors (Lipinski definition) is 1. The van der Waals surface area contributed by atoms with Crippen LogP contribution in [0.25, 0.3) is 22.1 Å². The SMILES string of the molecule is Cc1oc2ccc(Br)cc2c1-c1ccccc1. The predicted molar refractivity (Wildman–Crippen MR) is 74.1 cm³/mol. The summed E-state index contributed by atoms with van der Waals surface area (Å²) in [6.45, 7) is 2.01. The van der Waals surface area contributed by atoms with Gasteiger partial charge >= 0.3 is 0 Å². The van der Waals surface area contributed by atoms with Crippen LogP contribution in [0.4, 0.5) is 0 Å². The van der Waals surface area contributed by atoms with Crippen molar-refractivity contribution in [1.29, 1.82) is 0 Å². The molecular formula is C15H11BrO. The summed E-state index contributed by atoms with van der Waals surface area (Å²) in [5.74, 6) is 0.962. The Hall–Kier alpha value is -1.54. The van der Waals surface area contributed by atoms with Gasteiger partial charge in [0.25, 0.3) is 0 Å². The summed E-state index contributed by atoms with van der Waals surface area (Å²) in [6.07, 6.45) is 0. The number of rotatable bonds is 1. The molecule has 1 aromatic heterocycles. The van der Waals surface area contributed by atoms with Crippen molar-refractivity contribution in [2.75, 3.05) is 0 Å². The fraction of sp³-hybridized carbons (Fsp3) is 0.0667. The highest BCUT2D eigenvalue weighted by atomic mass is 79.9. The van der Waals surface area contributed by atoms with Gasteiger partial charge in [0.1, 0.15) is 11.3 Å². The van der Waals surface area contributed by atoms with Gasteiger partial charge in [-0.2, -0.15) is 0 Å². The van der Waals surface area contributed by atoms with Gasteiger partial charge in [0, 0.05) is 15.4 Å². The van der Waals surface area contributed by atoms with Gasteiger partial charge in [0.05, 0.1) is 0 Å². The van der Waals surface area contributed by atoms with E-state index in [0.717, 1.165) is 21.2 Å². The molecule has 2 heteroatoms. The van der Waals surface area contributed by atoms with E-state index in [9.17, 15) is 0 Å². The summed E-state index contributed by atoms with van der Waals surface area (Å²) in [5, 5.41) is 1.16. The van der Waals surface area contributed by atoms with Crippen molar-refractivity contribution in [2.24, 2.45) is 0 Å². The number of aryl methyl sites for hydroxylation is 1. The minimum absolute atomic E-state index is 0.935. The van der Waals surface area contributed by atoms with Gasteiger partial charge in [0.15, 0.2) is 0 Å². The second kappa shape index (κ2) is 4.04. The standard InChI is InChI=1S/C15H11BrO/c1-10-15(11-5-3-2-4-6-11)13-9-12(16)7-8-14(13)17-10/h2-9H,1H3. The number of benzene rings is 2. The minimum Gasteiger partial charge on any atom is -0.461 e. The molecule has 0 unspecified atom stereocenters. The highest BCUT2D eigenvalue weighted by molar-refractivity contribution is 9.10. The van der Waals surface area contributed by atoms with Crippen molar-refractivity contribution in [3.8, 4) is 11.1 Å². The van der Waals surface area contributed by atoms with E-state index in [-0.39, 0.29) is 0 Å². The highest BCUT2D eigenvalue weighted by Gasteiger charge is 2.12. The Morgan fingerprint density at radius 3 is 2.53 bits per heavy atom. The number of hydrogen-bond donors (Lipinski definition) is 0. The smallest absolute Gasteiger partial charge is 0.134 e. The third-order valence-corrected chi connectivity index (χ3v) is 3.38. The molecule has 3 rings (SSSR count). The van der Waals surface area contributed by atoms with E-state index < -0.39 is 0 Å². The van der Waals surface area contributed by atoms with Crippen molar-refractivity contribution in [1.82, 2.24) is 0 Å². The zero-order chi connectivity index (χ0) is 11.8. The molecule has 0 amide bonds. The molecule has 2 aromatic carbocycles. The van der Waals surface area contributed by atoms with E-state index in [0.29, 0.717) is 0 Å². The summed E-state index contributed by atoms with van der Waals surface area (Å²) in [7, 11) is 0. The Labute approximate surface area is 108 Å². The molecule has 0 aliphatic carbocycles. The number of fused-ring (bicyclic) bond motifs is 1.